The predicted octanol–water partition coefficient (Wildman–Crippen LogP) is -0.801. The minimum Gasteiger partial charge on any atom is -0.479 e. The molecular weight excluding hydrogens is 287 g/mol. The molecule has 1 aromatic rings. The second-order valence-electron chi connectivity index (χ2n) is 3.88. The number of hydrogen-bond acceptors (Lipinski definition) is 4. The molecular formula is C9H8F3N3O5. The first kappa shape index (κ1) is 15.5. The molecule has 0 bridgehead atoms. The van der Waals surface area contributed by atoms with Crippen LogP contribution in [0, 0.1) is 0 Å². The van der Waals surface area contributed by atoms with Gasteiger partial charge < -0.3 is 15.4 Å². The molecule has 4 N–H and O–H groups in total. The van der Waals surface area contributed by atoms with Crippen LogP contribution in [-0.2, 0) is 4.79 Å². The Balaban J connectivity index is 3.19. The normalized spacial score (nSPS) is 14.4. The van der Waals surface area contributed by atoms with Gasteiger partial charge in [0.1, 0.15) is 5.69 Å². The van der Waals surface area contributed by atoms with Gasteiger partial charge in [0, 0.05) is 6.07 Å². The third-order valence-corrected chi connectivity index (χ3v) is 2.36. The number of aliphatic carboxylic acids is 1. The molecule has 0 saturated carbocycles. The molecule has 0 aromatic carbocycles. The summed E-state index contributed by atoms with van der Waals surface area (Å²) in [5, 5.41) is 9.82. The Morgan fingerprint density at radius 3 is 2.20 bits per heavy atom. The average molecular weight is 295 g/mol. The van der Waals surface area contributed by atoms with Crippen LogP contribution in [0.4, 0.5) is 13.2 Å². The summed E-state index contributed by atoms with van der Waals surface area (Å²) in [5.41, 5.74) is -6.51. The summed E-state index contributed by atoms with van der Waals surface area (Å²) in [5.74, 6) is -3.90. The van der Waals surface area contributed by atoms with Crippen LogP contribution in [0.3, 0.4) is 0 Å². The number of aromatic amines is 2. The van der Waals surface area contributed by atoms with Crippen LogP contribution in [0.15, 0.2) is 15.7 Å². The quantitative estimate of drug-likeness (QED) is 0.579. The zero-order valence-corrected chi connectivity index (χ0v) is 9.79. The fourth-order valence-electron chi connectivity index (χ4n) is 1.13. The van der Waals surface area contributed by atoms with Crippen LogP contribution >= 0.6 is 0 Å². The van der Waals surface area contributed by atoms with E-state index in [4.69, 9.17) is 5.11 Å². The topological polar surface area (TPSA) is 132 Å². The lowest BCUT2D eigenvalue weighted by molar-refractivity contribution is -0.203. The molecule has 1 amide bonds. The number of carboxylic acid groups (broad SMARTS) is 1. The first-order chi connectivity index (χ1) is 8.97. The maximum absolute atomic E-state index is 12.7. The van der Waals surface area contributed by atoms with E-state index >= 15 is 0 Å². The molecule has 8 nitrogen and oxygen atoms in total. The van der Waals surface area contributed by atoms with Crippen LogP contribution in [0.2, 0.25) is 0 Å². The van der Waals surface area contributed by atoms with Crippen molar-refractivity contribution in [3.05, 3.63) is 32.6 Å². The molecule has 0 fully saturated rings. The molecule has 0 saturated heterocycles. The Kier molecular flexibility index (Phi) is 3.73. The van der Waals surface area contributed by atoms with Gasteiger partial charge in [-0.15, -0.1) is 0 Å². The molecule has 11 heteroatoms. The highest BCUT2D eigenvalue weighted by Gasteiger charge is 2.58. The third-order valence-electron chi connectivity index (χ3n) is 2.36. The summed E-state index contributed by atoms with van der Waals surface area (Å²) in [6, 6.07) is 0.523. The van der Waals surface area contributed by atoms with Gasteiger partial charge in [0.05, 0.1) is 0 Å². The van der Waals surface area contributed by atoms with Gasteiger partial charge in [-0.25, -0.2) is 9.59 Å². The summed E-state index contributed by atoms with van der Waals surface area (Å²) < 4.78 is 38.0. The largest absolute Gasteiger partial charge is 0.479 e. The summed E-state index contributed by atoms with van der Waals surface area (Å²) in [4.78, 5) is 47.5. The molecule has 1 unspecified atom stereocenters. The lowest BCUT2D eigenvalue weighted by Crippen LogP contribution is -2.62. The van der Waals surface area contributed by atoms with Gasteiger partial charge in [-0.1, -0.05) is 0 Å². The van der Waals surface area contributed by atoms with Crippen molar-refractivity contribution >= 4 is 11.9 Å². The number of rotatable bonds is 3. The Hall–Kier alpha value is -2.59. The fourth-order valence-corrected chi connectivity index (χ4v) is 1.13. The van der Waals surface area contributed by atoms with E-state index in [9.17, 15) is 32.3 Å². The van der Waals surface area contributed by atoms with Crippen molar-refractivity contribution in [3.8, 4) is 0 Å². The standard InChI is InChI=1S/C9H8F3N3O5/c1-8(6(18)19,9(10,11)12)15-5(17)3-2-4(16)14-7(20)13-3/h2H,1H3,(H,15,17)(H,18,19)(H2,13,14,16,20). The maximum atomic E-state index is 12.7. The lowest BCUT2D eigenvalue weighted by atomic mass is 10.0. The van der Waals surface area contributed by atoms with Crippen LogP contribution in [0.5, 0.6) is 0 Å². The second-order valence-corrected chi connectivity index (χ2v) is 3.88. The summed E-state index contributed by atoms with van der Waals surface area (Å²) >= 11 is 0. The monoisotopic (exact) mass is 295 g/mol. The van der Waals surface area contributed by atoms with Crippen molar-refractivity contribution in [1.29, 1.82) is 0 Å². The number of carboxylic acids is 1. The van der Waals surface area contributed by atoms with Gasteiger partial charge in [-0.3, -0.25) is 14.6 Å². The Morgan fingerprint density at radius 1 is 1.25 bits per heavy atom. The van der Waals surface area contributed by atoms with Crippen molar-refractivity contribution in [2.45, 2.75) is 18.6 Å². The molecule has 0 aliphatic heterocycles. The SMILES string of the molecule is CC(NC(=O)c1cc(=O)[nH]c(=O)[nH]1)(C(=O)O)C(F)(F)F. The minimum atomic E-state index is -5.28. The van der Waals surface area contributed by atoms with Crippen LogP contribution in [0.1, 0.15) is 17.4 Å². The van der Waals surface area contributed by atoms with E-state index in [0.29, 0.717) is 6.07 Å². The number of H-pyrrole nitrogens is 2. The van der Waals surface area contributed by atoms with E-state index < -0.39 is 40.5 Å². The van der Waals surface area contributed by atoms with E-state index in [2.05, 4.69) is 0 Å². The van der Waals surface area contributed by atoms with Crippen LogP contribution in [0.25, 0.3) is 0 Å². The van der Waals surface area contributed by atoms with Gasteiger partial charge in [0.25, 0.3) is 11.5 Å². The molecule has 1 atom stereocenters. The first-order valence-electron chi connectivity index (χ1n) is 4.93. The number of carbonyl (C=O) groups is 2. The van der Waals surface area contributed by atoms with E-state index in [1.807, 2.05) is 0 Å². The van der Waals surface area contributed by atoms with E-state index in [1.165, 1.54) is 5.32 Å². The molecule has 1 rings (SSSR count). The number of halogens is 3. The van der Waals surface area contributed by atoms with Crippen molar-refractivity contribution in [3.63, 3.8) is 0 Å². The van der Waals surface area contributed by atoms with Gasteiger partial charge in [-0.2, -0.15) is 13.2 Å². The highest BCUT2D eigenvalue weighted by molar-refractivity contribution is 5.96. The van der Waals surface area contributed by atoms with Gasteiger partial charge >= 0.3 is 17.8 Å². The van der Waals surface area contributed by atoms with E-state index in [1.54, 1.807) is 9.97 Å². The number of alkyl halides is 3. The van der Waals surface area contributed by atoms with Crippen molar-refractivity contribution in [1.82, 2.24) is 15.3 Å². The number of nitrogens with one attached hydrogen (secondary N) is 3. The molecule has 0 spiro atoms. The number of amides is 1. The van der Waals surface area contributed by atoms with E-state index in [-0.39, 0.29) is 6.92 Å². The Morgan fingerprint density at radius 2 is 1.80 bits per heavy atom. The smallest absolute Gasteiger partial charge is 0.422 e. The first-order valence-corrected chi connectivity index (χ1v) is 4.93. The molecule has 0 aliphatic carbocycles. The average Bonchev–Trinajstić information content (AvgIpc) is 2.25. The van der Waals surface area contributed by atoms with Crippen molar-refractivity contribution < 1.29 is 27.9 Å². The summed E-state index contributed by atoms with van der Waals surface area (Å²) in [6.45, 7) is 0.235. The minimum absolute atomic E-state index is 0.235. The summed E-state index contributed by atoms with van der Waals surface area (Å²) in [6.07, 6.45) is -5.28. The zero-order chi connectivity index (χ0) is 15.7. The molecule has 0 radical (unpaired) electrons. The Labute approximate surface area is 107 Å². The number of hydrogen-bond donors (Lipinski definition) is 4. The Bertz CT molecular complexity index is 634. The number of carbonyl (C=O) groups excluding carboxylic acids is 1. The van der Waals surface area contributed by atoms with Crippen molar-refractivity contribution in [2.75, 3.05) is 0 Å². The van der Waals surface area contributed by atoms with Crippen LogP contribution in [-0.4, -0.2) is 38.7 Å². The molecule has 1 aromatic heterocycles. The highest BCUT2D eigenvalue weighted by atomic mass is 19.4. The van der Waals surface area contributed by atoms with Gasteiger partial charge in [0.2, 0.25) is 5.54 Å². The molecule has 0 aliphatic rings. The highest BCUT2D eigenvalue weighted by Crippen LogP contribution is 2.30. The summed E-state index contributed by atoms with van der Waals surface area (Å²) in [7, 11) is 0. The maximum Gasteiger partial charge on any atom is 0.422 e. The zero-order valence-electron chi connectivity index (χ0n) is 9.79. The van der Waals surface area contributed by atoms with Crippen molar-refractivity contribution in [2.24, 2.45) is 0 Å². The van der Waals surface area contributed by atoms with E-state index in [0.717, 1.165) is 0 Å². The molecule has 20 heavy (non-hydrogen) atoms. The van der Waals surface area contributed by atoms with Crippen LogP contribution < -0.4 is 16.6 Å². The fraction of sp³-hybridized carbons (Fsp3) is 0.333. The number of aromatic nitrogens is 2. The third kappa shape index (κ3) is 2.87. The van der Waals surface area contributed by atoms with Gasteiger partial charge in [0.15, 0.2) is 0 Å². The predicted molar refractivity (Wildman–Crippen MR) is 57.2 cm³/mol. The molecule has 110 valence electrons. The second kappa shape index (κ2) is 4.83. The molecule has 1 heterocycles. The lowest BCUT2D eigenvalue weighted by Gasteiger charge is -2.28. The van der Waals surface area contributed by atoms with Gasteiger partial charge in [-0.05, 0) is 6.92 Å².